The summed E-state index contributed by atoms with van der Waals surface area (Å²) in [7, 11) is 0. The first-order valence-corrected chi connectivity index (χ1v) is 7.14. The standard InChI is InChI=1S/C16H15N2S/c1-10(2)11-3-5-12(6-4-11)13-7-8-15-14(9-13)18-16(17)19-15/h3-8,10H,1-2H3,(H2,17,18). The maximum atomic E-state index is 5.72. The van der Waals surface area contributed by atoms with E-state index in [1.165, 1.54) is 16.9 Å². The molecule has 0 saturated carbocycles. The normalized spacial score (nSPS) is 11.3. The molecule has 2 aromatic carbocycles. The molecule has 0 aliphatic carbocycles. The SMILES string of the molecule is CC(C)c1ccc(-c2[c]c3nc(N)sc3cc2)cc1. The van der Waals surface area contributed by atoms with E-state index in [1.807, 2.05) is 0 Å². The van der Waals surface area contributed by atoms with Crippen LogP contribution in [-0.2, 0) is 0 Å². The molecule has 0 amide bonds. The van der Waals surface area contributed by atoms with Crippen LogP contribution in [0.4, 0.5) is 5.13 Å². The van der Waals surface area contributed by atoms with Gasteiger partial charge in [0.1, 0.15) is 0 Å². The van der Waals surface area contributed by atoms with E-state index in [4.69, 9.17) is 5.73 Å². The van der Waals surface area contributed by atoms with Gasteiger partial charge in [0.25, 0.3) is 0 Å². The van der Waals surface area contributed by atoms with Crippen LogP contribution in [0.15, 0.2) is 36.4 Å². The molecule has 1 aromatic heterocycles. The van der Waals surface area contributed by atoms with Gasteiger partial charge >= 0.3 is 0 Å². The number of hydrogen-bond donors (Lipinski definition) is 1. The number of nitrogen functional groups attached to an aromatic ring is 1. The number of anilines is 1. The van der Waals surface area contributed by atoms with Gasteiger partial charge in [-0.15, -0.1) is 0 Å². The lowest BCUT2D eigenvalue weighted by Crippen LogP contribution is -1.87. The van der Waals surface area contributed by atoms with Crippen molar-refractivity contribution in [3.8, 4) is 11.1 Å². The van der Waals surface area contributed by atoms with Gasteiger partial charge in [0.2, 0.25) is 0 Å². The van der Waals surface area contributed by atoms with Gasteiger partial charge in [0.05, 0.1) is 10.2 Å². The third kappa shape index (κ3) is 2.34. The summed E-state index contributed by atoms with van der Waals surface area (Å²) in [6.45, 7) is 4.40. The molecule has 1 radical (unpaired) electrons. The van der Waals surface area contributed by atoms with E-state index < -0.39 is 0 Å². The van der Waals surface area contributed by atoms with Gasteiger partial charge in [-0.2, -0.15) is 0 Å². The molecule has 0 bridgehead atoms. The van der Waals surface area contributed by atoms with Crippen LogP contribution in [0.5, 0.6) is 0 Å². The van der Waals surface area contributed by atoms with Crippen molar-refractivity contribution in [3.05, 3.63) is 48.0 Å². The molecule has 0 unspecified atom stereocenters. The van der Waals surface area contributed by atoms with Gasteiger partial charge < -0.3 is 5.73 Å². The Morgan fingerprint density at radius 2 is 1.84 bits per heavy atom. The van der Waals surface area contributed by atoms with Crippen molar-refractivity contribution in [2.45, 2.75) is 19.8 Å². The Morgan fingerprint density at radius 1 is 1.11 bits per heavy atom. The molecular formula is C16H15N2S. The zero-order valence-corrected chi connectivity index (χ0v) is 11.8. The highest BCUT2D eigenvalue weighted by molar-refractivity contribution is 7.22. The summed E-state index contributed by atoms with van der Waals surface area (Å²) in [5.74, 6) is 0.554. The molecule has 0 atom stereocenters. The minimum atomic E-state index is 0.554. The van der Waals surface area contributed by atoms with Crippen molar-refractivity contribution in [1.29, 1.82) is 0 Å². The van der Waals surface area contributed by atoms with Crippen molar-refractivity contribution >= 4 is 26.7 Å². The van der Waals surface area contributed by atoms with Crippen LogP contribution in [0.1, 0.15) is 25.3 Å². The maximum absolute atomic E-state index is 5.72. The lowest BCUT2D eigenvalue weighted by molar-refractivity contribution is 0.867. The largest absolute Gasteiger partial charge is 0.375 e. The highest BCUT2D eigenvalue weighted by Gasteiger charge is 2.05. The monoisotopic (exact) mass is 267 g/mol. The summed E-state index contributed by atoms with van der Waals surface area (Å²) in [6, 6.07) is 16.1. The minimum absolute atomic E-state index is 0.554. The van der Waals surface area contributed by atoms with Crippen molar-refractivity contribution in [2.24, 2.45) is 0 Å². The molecule has 1 heterocycles. The van der Waals surface area contributed by atoms with E-state index in [1.54, 1.807) is 0 Å². The molecular weight excluding hydrogens is 252 g/mol. The number of thiazole rings is 1. The fourth-order valence-corrected chi connectivity index (χ4v) is 2.79. The smallest absolute Gasteiger partial charge is 0.181 e. The summed E-state index contributed by atoms with van der Waals surface area (Å²) < 4.78 is 1.08. The summed E-state index contributed by atoms with van der Waals surface area (Å²) in [4.78, 5) is 4.29. The molecule has 3 rings (SSSR count). The number of nitrogens with zero attached hydrogens (tertiary/aromatic N) is 1. The molecule has 0 spiro atoms. The second-order valence-electron chi connectivity index (χ2n) is 4.91. The molecule has 2 N–H and O–H groups in total. The van der Waals surface area contributed by atoms with Gasteiger partial charge in [-0.3, -0.25) is 0 Å². The number of hydrogen-bond acceptors (Lipinski definition) is 3. The lowest BCUT2D eigenvalue weighted by atomic mass is 9.99. The van der Waals surface area contributed by atoms with Gasteiger partial charge in [-0.25, -0.2) is 4.98 Å². The van der Waals surface area contributed by atoms with Crippen LogP contribution >= 0.6 is 11.3 Å². The average Bonchev–Trinajstić information content (AvgIpc) is 2.77. The third-order valence-electron chi connectivity index (χ3n) is 3.21. The highest BCUT2D eigenvalue weighted by Crippen LogP contribution is 2.29. The number of nitrogens with two attached hydrogens (primary N) is 1. The molecule has 2 nitrogen and oxygen atoms in total. The topological polar surface area (TPSA) is 38.9 Å². The molecule has 95 valence electrons. The van der Waals surface area contributed by atoms with Crippen LogP contribution in [0.25, 0.3) is 21.3 Å². The van der Waals surface area contributed by atoms with Gasteiger partial charge in [0.15, 0.2) is 5.13 Å². The van der Waals surface area contributed by atoms with Crippen LogP contribution < -0.4 is 5.73 Å². The molecule has 3 aromatic rings. The summed E-state index contributed by atoms with van der Waals surface area (Å²) >= 11 is 1.50. The second-order valence-corrected chi connectivity index (χ2v) is 5.98. The Hall–Kier alpha value is -1.87. The van der Waals surface area contributed by atoms with Crippen molar-refractivity contribution in [1.82, 2.24) is 4.98 Å². The summed E-state index contributed by atoms with van der Waals surface area (Å²) in [5.41, 5.74) is 10.2. The van der Waals surface area contributed by atoms with E-state index in [0.717, 1.165) is 21.3 Å². The van der Waals surface area contributed by atoms with E-state index in [-0.39, 0.29) is 0 Å². The fraction of sp³-hybridized carbons (Fsp3) is 0.188. The van der Waals surface area contributed by atoms with E-state index in [0.29, 0.717) is 11.0 Å². The van der Waals surface area contributed by atoms with Crippen molar-refractivity contribution < 1.29 is 0 Å². The number of aromatic nitrogens is 1. The van der Waals surface area contributed by atoms with E-state index in [9.17, 15) is 0 Å². The first kappa shape index (κ1) is 12.2. The fourth-order valence-electron chi connectivity index (χ4n) is 2.10. The predicted molar refractivity (Wildman–Crippen MR) is 82.4 cm³/mol. The maximum Gasteiger partial charge on any atom is 0.181 e. The third-order valence-corrected chi connectivity index (χ3v) is 4.06. The van der Waals surface area contributed by atoms with E-state index in [2.05, 4.69) is 61.3 Å². The first-order chi connectivity index (χ1) is 9.13. The Labute approximate surface area is 116 Å². The van der Waals surface area contributed by atoms with Gasteiger partial charge in [-0.05, 0) is 28.7 Å². The molecule has 0 aliphatic rings. The quantitative estimate of drug-likeness (QED) is 0.744. The van der Waals surface area contributed by atoms with Crippen molar-refractivity contribution in [2.75, 3.05) is 5.73 Å². The van der Waals surface area contributed by atoms with Crippen LogP contribution in [0, 0.1) is 6.07 Å². The molecule has 0 saturated heterocycles. The van der Waals surface area contributed by atoms with Crippen molar-refractivity contribution in [3.63, 3.8) is 0 Å². The number of fused-ring (bicyclic) bond motifs is 1. The van der Waals surface area contributed by atoms with Gasteiger partial charge in [-0.1, -0.05) is 55.5 Å². The Kier molecular flexibility index (Phi) is 2.99. The summed E-state index contributed by atoms with van der Waals surface area (Å²) in [6.07, 6.45) is 0. The highest BCUT2D eigenvalue weighted by atomic mass is 32.1. The molecule has 19 heavy (non-hydrogen) atoms. The first-order valence-electron chi connectivity index (χ1n) is 6.32. The summed E-state index contributed by atoms with van der Waals surface area (Å²) in [5, 5.41) is 0.596. The molecule has 0 fully saturated rings. The number of rotatable bonds is 2. The van der Waals surface area contributed by atoms with Crippen LogP contribution in [0.3, 0.4) is 0 Å². The zero-order valence-electron chi connectivity index (χ0n) is 11.0. The predicted octanol–water partition coefficient (Wildman–Crippen LogP) is 4.47. The van der Waals surface area contributed by atoms with E-state index >= 15 is 0 Å². The van der Waals surface area contributed by atoms with Crippen LogP contribution in [0.2, 0.25) is 0 Å². The zero-order chi connectivity index (χ0) is 13.4. The Bertz CT molecular complexity index is 711. The molecule has 0 aliphatic heterocycles. The second kappa shape index (κ2) is 4.67. The van der Waals surface area contributed by atoms with Gasteiger partial charge in [0, 0.05) is 6.07 Å². The molecule has 3 heteroatoms. The minimum Gasteiger partial charge on any atom is -0.375 e. The lowest BCUT2D eigenvalue weighted by Gasteiger charge is -2.06. The Balaban J connectivity index is 2.03. The Morgan fingerprint density at radius 3 is 2.53 bits per heavy atom. The number of benzene rings is 2. The average molecular weight is 267 g/mol. The van der Waals surface area contributed by atoms with Crippen LogP contribution in [-0.4, -0.2) is 4.98 Å².